The Bertz CT molecular complexity index is 293. The molecule has 0 aromatic rings. The smallest absolute Gasteiger partial charge is 0.150 e. The third-order valence-corrected chi connectivity index (χ3v) is 6.18. The molecular formula is C9H16O3S2. The minimum Gasteiger partial charge on any atom is -0.392 e. The Morgan fingerprint density at radius 3 is 2.57 bits per heavy atom. The number of hydrogen-bond acceptors (Lipinski definition) is 4. The van der Waals surface area contributed by atoms with Crippen LogP contribution in [-0.2, 0) is 9.84 Å². The lowest BCUT2D eigenvalue weighted by atomic mass is 9.90. The second-order valence-corrected chi connectivity index (χ2v) is 7.66. The summed E-state index contributed by atoms with van der Waals surface area (Å²) in [5.41, 5.74) is 0. The highest BCUT2D eigenvalue weighted by atomic mass is 32.2. The molecule has 0 spiro atoms. The maximum Gasteiger partial charge on any atom is 0.150 e. The first-order valence-electron chi connectivity index (χ1n) is 5.05. The lowest BCUT2D eigenvalue weighted by Crippen LogP contribution is -2.30. The summed E-state index contributed by atoms with van der Waals surface area (Å²) in [5.74, 6) is 2.92. The molecule has 3 nitrogen and oxygen atoms in total. The van der Waals surface area contributed by atoms with Crippen LogP contribution in [0.2, 0.25) is 0 Å². The highest BCUT2D eigenvalue weighted by Crippen LogP contribution is 2.33. The predicted molar refractivity (Wildman–Crippen MR) is 58.2 cm³/mol. The zero-order valence-electron chi connectivity index (χ0n) is 8.05. The Hall–Kier alpha value is 0.260. The first kappa shape index (κ1) is 10.8. The van der Waals surface area contributed by atoms with Gasteiger partial charge < -0.3 is 5.11 Å². The topological polar surface area (TPSA) is 54.4 Å². The van der Waals surface area contributed by atoms with Gasteiger partial charge in [-0.2, -0.15) is 11.8 Å². The van der Waals surface area contributed by atoms with E-state index in [1.54, 1.807) is 0 Å². The van der Waals surface area contributed by atoms with Crippen LogP contribution in [0.3, 0.4) is 0 Å². The van der Waals surface area contributed by atoms with Gasteiger partial charge in [-0.15, -0.1) is 0 Å². The molecule has 0 saturated carbocycles. The maximum absolute atomic E-state index is 11.2. The van der Waals surface area contributed by atoms with Crippen molar-refractivity contribution in [2.75, 3.05) is 23.0 Å². The average Bonchev–Trinajstić information content (AvgIpc) is 2.72. The molecule has 0 bridgehead atoms. The van der Waals surface area contributed by atoms with Gasteiger partial charge in [-0.25, -0.2) is 8.42 Å². The maximum atomic E-state index is 11.2. The third-order valence-electron chi connectivity index (χ3n) is 3.20. The van der Waals surface area contributed by atoms with Crippen LogP contribution >= 0.6 is 11.8 Å². The standard InChI is InChI=1S/C9H16O3S2/c10-9(7-1-3-13-5-7)8-2-4-14(11,12)6-8/h7-10H,1-6H2. The van der Waals surface area contributed by atoms with E-state index in [4.69, 9.17) is 0 Å². The van der Waals surface area contributed by atoms with Crippen LogP contribution in [0.25, 0.3) is 0 Å². The van der Waals surface area contributed by atoms with Gasteiger partial charge in [0.15, 0.2) is 9.84 Å². The van der Waals surface area contributed by atoms with Crippen molar-refractivity contribution in [3.63, 3.8) is 0 Å². The van der Waals surface area contributed by atoms with Crippen LogP contribution in [-0.4, -0.2) is 42.6 Å². The molecule has 82 valence electrons. The van der Waals surface area contributed by atoms with Crippen molar-refractivity contribution in [1.29, 1.82) is 0 Å². The molecule has 3 atom stereocenters. The molecule has 0 aliphatic carbocycles. The number of rotatable bonds is 2. The average molecular weight is 236 g/mol. The molecule has 0 amide bonds. The van der Waals surface area contributed by atoms with Crippen molar-refractivity contribution in [3.05, 3.63) is 0 Å². The van der Waals surface area contributed by atoms with Crippen LogP contribution in [0.5, 0.6) is 0 Å². The highest BCUT2D eigenvalue weighted by molar-refractivity contribution is 7.99. The molecule has 1 N–H and O–H groups in total. The number of hydrogen-bond donors (Lipinski definition) is 1. The summed E-state index contributed by atoms with van der Waals surface area (Å²) in [5, 5.41) is 10.0. The molecule has 2 heterocycles. The summed E-state index contributed by atoms with van der Waals surface area (Å²) < 4.78 is 22.5. The number of aliphatic hydroxyl groups is 1. The third kappa shape index (κ3) is 2.25. The van der Waals surface area contributed by atoms with E-state index < -0.39 is 9.84 Å². The van der Waals surface area contributed by atoms with Crippen molar-refractivity contribution >= 4 is 21.6 Å². The minimum absolute atomic E-state index is 0.00343. The Balaban J connectivity index is 1.95. The molecule has 0 aromatic carbocycles. The summed E-state index contributed by atoms with van der Waals surface area (Å²) in [4.78, 5) is 0. The largest absolute Gasteiger partial charge is 0.392 e. The molecule has 5 heteroatoms. The van der Waals surface area contributed by atoms with Crippen molar-refractivity contribution < 1.29 is 13.5 Å². The van der Waals surface area contributed by atoms with Crippen LogP contribution < -0.4 is 0 Å². The zero-order chi connectivity index (χ0) is 10.2. The van der Waals surface area contributed by atoms with Gasteiger partial charge in [-0.3, -0.25) is 0 Å². The second kappa shape index (κ2) is 4.02. The lowest BCUT2D eigenvalue weighted by Gasteiger charge is -2.22. The van der Waals surface area contributed by atoms with Gasteiger partial charge in [0.05, 0.1) is 17.6 Å². The van der Waals surface area contributed by atoms with E-state index in [0.717, 1.165) is 17.9 Å². The zero-order valence-corrected chi connectivity index (χ0v) is 9.69. The fraction of sp³-hybridized carbons (Fsp3) is 1.00. The van der Waals surface area contributed by atoms with Crippen molar-refractivity contribution in [1.82, 2.24) is 0 Å². The van der Waals surface area contributed by atoms with Crippen LogP contribution in [0.1, 0.15) is 12.8 Å². The van der Waals surface area contributed by atoms with Gasteiger partial charge in [0.25, 0.3) is 0 Å². The van der Waals surface area contributed by atoms with E-state index >= 15 is 0 Å². The van der Waals surface area contributed by atoms with Crippen LogP contribution in [0, 0.1) is 11.8 Å². The SMILES string of the molecule is O=S1(=O)CCC(C(O)C2CCSC2)C1. The number of aliphatic hydroxyl groups excluding tert-OH is 1. The monoisotopic (exact) mass is 236 g/mol. The first-order chi connectivity index (χ1) is 6.58. The lowest BCUT2D eigenvalue weighted by molar-refractivity contribution is 0.0708. The van der Waals surface area contributed by atoms with E-state index in [1.807, 2.05) is 11.8 Å². The van der Waals surface area contributed by atoms with Gasteiger partial charge in [0.1, 0.15) is 0 Å². The Labute approximate surface area is 89.2 Å². The molecule has 2 aliphatic rings. The molecular weight excluding hydrogens is 220 g/mol. The molecule has 0 aromatic heterocycles. The Kier molecular flexibility index (Phi) is 3.09. The van der Waals surface area contributed by atoms with E-state index in [-0.39, 0.29) is 23.5 Å². The minimum atomic E-state index is -2.84. The van der Waals surface area contributed by atoms with Gasteiger partial charge >= 0.3 is 0 Å². The van der Waals surface area contributed by atoms with E-state index in [1.165, 1.54) is 0 Å². The highest BCUT2D eigenvalue weighted by Gasteiger charge is 2.37. The number of thioether (sulfide) groups is 1. The molecule has 2 saturated heterocycles. The van der Waals surface area contributed by atoms with E-state index in [2.05, 4.69) is 0 Å². The summed E-state index contributed by atoms with van der Waals surface area (Å²) in [6.45, 7) is 0. The molecule has 0 radical (unpaired) electrons. The molecule has 2 fully saturated rings. The van der Waals surface area contributed by atoms with E-state index in [0.29, 0.717) is 12.3 Å². The summed E-state index contributed by atoms with van der Waals surface area (Å²) in [6, 6.07) is 0. The van der Waals surface area contributed by atoms with E-state index in [9.17, 15) is 13.5 Å². The molecule has 2 rings (SSSR count). The van der Waals surface area contributed by atoms with Crippen LogP contribution in [0.4, 0.5) is 0 Å². The fourth-order valence-corrected chi connectivity index (χ4v) is 5.45. The summed E-state index contributed by atoms with van der Waals surface area (Å²) >= 11 is 1.86. The fourth-order valence-electron chi connectivity index (χ4n) is 2.30. The second-order valence-electron chi connectivity index (χ2n) is 4.28. The normalized spacial score (nSPS) is 38.6. The quantitative estimate of drug-likeness (QED) is 0.760. The Morgan fingerprint density at radius 1 is 1.29 bits per heavy atom. The number of sulfone groups is 1. The van der Waals surface area contributed by atoms with Gasteiger partial charge in [0.2, 0.25) is 0 Å². The van der Waals surface area contributed by atoms with Gasteiger partial charge in [-0.1, -0.05) is 0 Å². The summed E-state index contributed by atoms with van der Waals surface area (Å²) in [6.07, 6.45) is 1.31. The van der Waals surface area contributed by atoms with Crippen molar-refractivity contribution in [3.8, 4) is 0 Å². The van der Waals surface area contributed by atoms with Crippen molar-refractivity contribution in [2.45, 2.75) is 18.9 Å². The molecule has 14 heavy (non-hydrogen) atoms. The molecule has 2 aliphatic heterocycles. The Morgan fingerprint density at radius 2 is 2.07 bits per heavy atom. The van der Waals surface area contributed by atoms with Crippen LogP contribution in [0.15, 0.2) is 0 Å². The summed E-state index contributed by atoms with van der Waals surface area (Å²) in [7, 11) is -2.84. The van der Waals surface area contributed by atoms with Gasteiger partial charge in [-0.05, 0) is 30.3 Å². The predicted octanol–water partition coefficient (Wildman–Crippen LogP) is 0.535. The van der Waals surface area contributed by atoms with Crippen molar-refractivity contribution in [2.24, 2.45) is 11.8 Å². The van der Waals surface area contributed by atoms with Gasteiger partial charge in [0, 0.05) is 5.92 Å². The molecule has 3 unspecified atom stereocenters. The first-order valence-corrected chi connectivity index (χ1v) is 8.02.